The van der Waals surface area contributed by atoms with Crippen LogP contribution in [0.25, 0.3) is 0 Å². The second kappa shape index (κ2) is 4.39. The molecule has 1 aromatic carbocycles. The maximum Gasteiger partial charge on any atom is 0.129 e. The lowest BCUT2D eigenvalue weighted by atomic mass is 9.76. The van der Waals surface area contributed by atoms with Crippen LogP contribution in [0.2, 0.25) is 0 Å². The van der Waals surface area contributed by atoms with Crippen molar-refractivity contribution in [2.75, 3.05) is 0 Å². The SMILES string of the molecule is Cc1cc(C)c(C2(O)CCCC(N)C2)c(F)c1. The Kier molecular flexibility index (Phi) is 3.23. The summed E-state index contributed by atoms with van der Waals surface area (Å²) in [4.78, 5) is 0. The Morgan fingerprint density at radius 2 is 2.12 bits per heavy atom. The van der Waals surface area contributed by atoms with Gasteiger partial charge in [0.15, 0.2) is 0 Å². The summed E-state index contributed by atoms with van der Waals surface area (Å²) in [6.07, 6.45) is 2.81. The fraction of sp³-hybridized carbons (Fsp3) is 0.571. The fourth-order valence-corrected chi connectivity index (χ4v) is 3.03. The highest BCUT2D eigenvalue weighted by molar-refractivity contribution is 5.36. The van der Waals surface area contributed by atoms with Gasteiger partial charge in [-0.25, -0.2) is 4.39 Å². The quantitative estimate of drug-likeness (QED) is 0.788. The Morgan fingerprint density at radius 3 is 2.71 bits per heavy atom. The largest absolute Gasteiger partial charge is 0.385 e. The van der Waals surface area contributed by atoms with Crippen LogP contribution in [-0.4, -0.2) is 11.1 Å². The van der Waals surface area contributed by atoms with Crippen molar-refractivity contribution >= 4 is 0 Å². The average Bonchev–Trinajstić information content (AvgIpc) is 2.14. The molecule has 0 spiro atoms. The highest BCUT2D eigenvalue weighted by atomic mass is 19.1. The molecule has 0 bridgehead atoms. The van der Waals surface area contributed by atoms with Crippen molar-refractivity contribution in [3.8, 4) is 0 Å². The summed E-state index contributed by atoms with van der Waals surface area (Å²) in [7, 11) is 0. The monoisotopic (exact) mass is 237 g/mol. The summed E-state index contributed by atoms with van der Waals surface area (Å²) >= 11 is 0. The van der Waals surface area contributed by atoms with Crippen LogP contribution >= 0.6 is 0 Å². The minimum atomic E-state index is -1.08. The van der Waals surface area contributed by atoms with Crippen molar-refractivity contribution in [2.45, 2.75) is 51.2 Å². The number of rotatable bonds is 1. The Labute approximate surface area is 102 Å². The van der Waals surface area contributed by atoms with E-state index in [2.05, 4.69) is 0 Å². The first-order valence-electron chi connectivity index (χ1n) is 6.17. The third-order valence-electron chi connectivity index (χ3n) is 3.66. The lowest BCUT2D eigenvalue weighted by molar-refractivity contribution is -0.0107. The van der Waals surface area contributed by atoms with Gasteiger partial charge in [-0.2, -0.15) is 0 Å². The van der Waals surface area contributed by atoms with E-state index in [-0.39, 0.29) is 11.9 Å². The molecule has 0 radical (unpaired) electrons. The van der Waals surface area contributed by atoms with Crippen molar-refractivity contribution in [1.29, 1.82) is 0 Å². The van der Waals surface area contributed by atoms with Gasteiger partial charge in [-0.15, -0.1) is 0 Å². The van der Waals surface area contributed by atoms with E-state index in [4.69, 9.17) is 5.73 Å². The van der Waals surface area contributed by atoms with E-state index in [1.807, 2.05) is 19.9 Å². The van der Waals surface area contributed by atoms with Crippen LogP contribution in [0.15, 0.2) is 12.1 Å². The van der Waals surface area contributed by atoms with Crippen LogP contribution in [0.4, 0.5) is 4.39 Å². The van der Waals surface area contributed by atoms with Gasteiger partial charge < -0.3 is 10.8 Å². The number of aliphatic hydroxyl groups is 1. The van der Waals surface area contributed by atoms with Crippen molar-refractivity contribution in [3.05, 3.63) is 34.6 Å². The normalized spacial score (nSPS) is 29.4. The van der Waals surface area contributed by atoms with Crippen molar-refractivity contribution in [1.82, 2.24) is 0 Å². The van der Waals surface area contributed by atoms with E-state index < -0.39 is 5.60 Å². The predicted octanol–water partition coefficient (Wildman–Crippen LogP) is 2.53. The number of benzene rings is 1. The number of nitrogens with two attached hydrogens (primary N) is 1. The van der Waals surface area contributed by atoms with E-state index in [1.54, 1.807) is 0 Å². The molecule has 3 heteroatoms. The smallest absolute Gasteiger partial charge is 0.129 e. The second-order valence-electron chi connectivity index (χ2n) is 5.33. The molecular weight excluding hydrogens is 217 g/mol. The fourth-order valence-electron chi connectivity index (χ4n) is 3.03. The van der Waals surface area contributed by atoms with Gasteiger partial charge in [-0.05, 0) is 56.7 Å². The maximum atomic E-state index is 14.1. The van der Waals surface area contributed by atoms with Gasteiger partial charge in [-0.1, -0.05) is 6.07 Å². The third kappa shape index (κ3) is 2.35. The van der Waals surface area contributed by atoms with Gasteiger partial charge in [0.05, 0.1) is 5.60 Å². The number of hydrogen-bond donors (Lipinski definition) is 2. The summed E-state index contributed by atoms with van der Waals surface area (Å²) in [5, 5.41) is 10.6. The maximum absolute atomic E-state index is 14.1. The zero-order valence-corrected chi connectivity index (χ0v) is 10.5. The first-order valence-corrected chi connectivity index (χ1v) is 6.17. The molecule has 3 N–H and O–H groups in total. The Bertz CT molecular complexity index is 409. The second-order valence-corrected chi connectivity index (χ2v) is 5.33. The molecule has 1 aromatic rings. The Morgan fingerprint density at radius 1 is 1.41 bits per heavy atom. The molecule has 2 unspecified atom stereocenters. The molecule has 1 saturated carbocycles. The number of halogens is 1. The molecule has 1 aliphatic rings. The van der Waals surface area contributed by atoms with Crippen molar-refractivity contribution < 1.29 is 9.50 Å². The molecule has 1 fully saturated rings. The molecule has 94 valence electrons. The van der Waals surface area contributed by atoms with Crippen LogP contribution in [0, 0.1) is 19.7 Å². The number of hydrogen-bond acceptors (Lipinski definition) is 2. The average molecular weight is 237 g/mol. The summed E-state index contributed by atoms with van der Waals surface area (Å²) in [6.45, 7) is 3.71. The summed E-state index contributed by atoms with van der Waals surface area (Å²) in [6, 6.07) is 3.37. The van der Waals surface area contributed by atoms with Gasteiger partial charge in [0.25, 0.3) is 0 Å². The third-order valence-corrected chi connectivity index (χ3v) is 3.66. The number of aryl methyl sites for hydroxylation is 2. The molecule has 0 aromatic heterocycles. The molecule has 2 atom stereocenters. The predicted molar refractivity (Wildman–Crippen MR) is 66.2 cm³/mol. The van der Waals surface area contributed by atoms with Gasteiger partial charge in [0.2, 0.25) is 0 Å². The Balaban J connectivity index is 2.45. The highest BCUT2D eigenvalue weighted by Gasteiger charge is 2.37. The van der Waals surface area contributed by atoms with Crippen molar-refractivity contribution in [2.24, 2.45) is 5.73 Å². The summed E-state index contributed by atoms with van der Waals surface area (Å²) in [5.74, 6) is -0.306. The minimum Gasteiger partial charge on any atom is -0.385 e. The van der Waals surface area contributed by atoms with E-state index in [0.717, 1.165) is 24.0 Å². The molecule has 0 aliphatic heterocycles. The van der Waals surface area contributed by atoms with Gasteiger partial charge >= 0.3 is 0 Å². The molecule has 0 heterocycles. The van der Waals surface area contributed by atoms with Gasteiger partial charge in [0.1, 0.15) is 5.82 Å². The standard InChI is InChI=1S/C14H20FNO/c1-9-6-10(2)13(12(15)7-9)14(17)5-3-4-11(16)8-14/h6-7,11,17H,3-5,8,16H2,1-2H3. The van der Waals surface area contributed by atoms with Crippen LogP contribution < -0.4 is 5.73 Å². The first-order chi connectivity index (χ1) is 7.92. The van der Waals surface area contributed by atoms with Gasteiger partial charge in [-0.3, -0.25) is 0 Å². The molecule has 2 rings (SSSR count). The summed E-state index contributed by atoms with van der Waals surface area (Å²) in [5.41, 5.74) is 6.95. The molecule has 17 heavy (non-hydrogen) atoms. The lowest BCUT2D eigenvalue weighted by Gasteiger charge is -2.37. The first kappa shape index (κ1) is 12.5. The van der Waals surface area contributed by atoms with Crippen molar-refractivity contribution in [3.63, 3.8) is 0 Å². The molecule has 0 amide bonds. The van der Waals surface area contributed by atoms with E-state index >= 15 is 0 Å². The topological polar surface area (TPSA) is 46.2 Å². The highest BCUT2D eigenvalue weighted by Crippen LogP contribution is 2.39. The molecule has 0 saturated heterocycles. The van der Waals surface area contributed by atoms with Crippen LogP contribution in [0.5, 0.6) is 0 Å². The molecule has 2 nitrogen and oxygen atoms in total. The van der Waals surface area contributed by atoms with E-state index in [1.165, 1.54) is 6.07 Å². The summed E-state index contributed by atoms with van der Waals surface area (Å²) < 4.78 is 14.1. The van der Waals surface area contributed by atoms with Crippen LogP contribution in [0.3, 0.4) is 0 Å². The zero-order chi connectivity index (χ0) is 12.6. The molecule has 1 aliphatic carbocycles. The lowest BCUT2D eigenvalue weighted by Crippen LogP contribution is -2.40. The van der Waals surface area contributed by atoms with Crippen LogP contribution in [0.1, 0.15) is 42.4 Å². The minimum absolute atomic E-state index is 0.0335. The van der Waals surface area contributed by atoms with Gasteiger partial charge in [0, 0.05) is 11.6 Å². The zero-order valence-electron chi connectivity index (χ0n) is 10.5. The molecular formula is C14H20FNO. The van der Waals surface area contributed by atoms with E-state index in [0.29, 0.717) is 18.4 Å². The van der Waals surface area contributed by atoms with Crippen LogP contribution in [-0.2, 0) is 5.60 Å². The van der Waals surface area contributed by atoms with E-state index in [9.17, 15) is 9.50 Å². The Hall–Kier alpha value is -0.930.